The molecule has 100 valence electrons. The second kappa shape index (κ2) is 12.1. The number of carbonyl (C=O) groups excluding carboxylic acids is 1. The quantitative estimate of drug-likeness (QED) is 0.367. The molecular weight excluding hydrogens is 238 g/mol. The normalized spacial score (nSPS) is 10.5. The minimum Gasteiger partial charge on any atom is -0.350 e. The third kappa shape index (κ3) is 38.2. The van der Waals surface area contributed by atoms with Gasteiger partial charge in [0.05, 0.1) is 0 Å². The van der Waals surface area contributed by atoms with Crippen molar-refractivity contribution in [1.82, 2.24) is 17.6 Å². The van der Waals surface area contributed by atoms with Crippen LogP contribution in [-0.2, 0) is 15.2 Å². The van der Waals surface area contributed by atoms with E-state index in [-0.39, 0.29) is 24.3 Å². The van der Waals surface area contributed by atoms with Crippen molar-refractivity contribution in [3.63, 3.8) is 0 Å². The number of amides is 1. The first-order valence-electron chi connectivity index (χ1n) is 3.83. The number of hydrogen-bond acceptors (Lipinski definition) is 5. The lowest BCUT2D eigenvalue weighted by atomic mass is 10.2. The van der Waals surface area contributed by atoms with Crippen molar-refractivity contribution in [1.29, 1.82) is 0 Å². The molecule has 0 aliphatic carbocycles. The summed E-state index contributed by atoms with van der Waals surface area (Å²) in [5.41, 5.74) is 0. The molecule has 0 rings (SSSR count). The predicted octanol–water partition coefficient (Wildman–Crippen LogP) is 0.758. The summed E-state index contributed by atoms with van der Waals surface area (Å²) in [5, 5.41) is 2.72. The highest BCUT2D eigenvalue weighted by molar-refractivity contribution is 7.79. The summed E-state index contributed by atoms with van der Waals surface area (Å²) in [7, 11) is -4.67. The number of carbonyl (C=O) groups is 1. The zero-order valence-electron chi connectivity index (χ0n) is 9.51. The van der Waals surface area contributed by atoms with Crippen LogP contribution in [0.3, 0.4) is 0 Å². The van der Waals surface area contributed by atoms with Gasteiger partial charge in [-0.05, 0) is 19.4 Å². The minimum atomic E-state index is -4.67. The maximum Gasteiger partial charge on any atom is 0.394 e. The fraction of sp³-hybridized carbons (Fsp3) is 0.571. The molecule has 0 aromatic heterocycles. The topological polar surface area (TPSA) is 174 Å². The molecule has 1 amide bonds. The second-order valence-electron chi connectivity index (χ2n) is 2.47. The van der Waals surface area contributed by atoms with Crippen molar-refractivity contribution in [3.8, 4) is 0 Å². The highest BCUT2D eigenvalue weighted by atomic mass is 32.3. The molecule has 0 aliphatic rings. The Labute approximate surface area is 95.9 Å². The summed E-state index contributed by atoms with van der Waals surface area (Å²) in [6, 6.07) is 0.260. The number of rotatable bonds is 3. The number of hydrogen-bond donors (Lipinski definition) is 5. The Morgan fingerprint density at radius 1 is 1.44 bits per heavy atom. The van der Waals surface area contributed by atoms with Crippen LogP contribution in [0.4, 0.5) is 0 Å². The smallest absolute Gasteiger partial charge is 0.350 e. The summed E-state index contributed by atoms with van der Waals surface area (Å²) >= 11 is 0. The van der Waals surface area contributed by atoms with E-state index in [0.717, 1.165) is 6.42 Å². The van der Waals surface area contributed by atoms with Crippen LogP contribution in [0.1, 0.15) is 20.3 Å². The molecule has 0 fully saturated rings. The van der Waals surface area contributed by atoms with Gasteiger partial charge in [-0.2, -0.15) is 8.42 Å². The van der Waals surface area contributed by atoms with Crippen molar-refractivity contribution in [2.45, 2.75) is 26.3 Å². The van der Waals surface area contributed by atoms with E-state index in [0.29, 0.717) is 0 Å². The summed E-state index contributed by atoms with van der Waals surface area (Å²) in [4.78, 5) is 10.6. The van der Waals surface area contributed by atoms with Crippen LogP contribution < -0.4 is 17.6 Å². The molecule has 16 heavy (non-hydrogen) atoms. The third-order valence-electron chi connectivity index (χ3n) is 1.19. The zero-order valence-corrected chi connectivity index (χ0v) is 10.3. The van der Waals surface area contributed by atoms with Crippen molar-refractivity contribution in [3.05, 3.63) is 12.7 Å². The molecule has 0 spiro atoms. The van der Waals surface area contributed by atoms with Gasteiger partial charge >= 0.3 is 10.4 Å². The molecule has 0 saturated heterocycles. The first-order chi connectivity index (χ1) is 6.20. The van der Waals surface area contributed by atoms with Gasteiger partial charge in [0.1, 0.15) is 0 Å². The molecule has 9 heteroatoms. The average Bonchev–Trinajstić information content (AvgIpc) is 2.01. The lowest BCUT2D eigenvalue weighted by molar-refractivity contribution is -0.117. The minimum absolute atomic E-state index is 0. The van der Waals surface area contributed by atoms with Crippen LogP contribution in [0.25, 0.3) is 0 Å². The van der Waals surface area contributed by atoms with Gasteiger partial charge < -0.3 is 17.6 Å². The van der Waals surface area contributed by atoms with Gasteiger partial charge in [-0.15, -0.1) is 0 Å². The largest absolute Gasteiger partial charge is 0.394 e. The van der Waals surface area contributed by atoms with Crippen LogP contribution >= 0.6 is 0 Å². The first kappa shape index (κ1) is 24.3. The van der Waals surface area contributed by atoms with Gasteiger partial charge in [0, 0.05) is 6.04 Å². The van der Waals surface area contributed by atoms with E-state index in [1.54, 1.807) is 0 Å². The van der Waals surface area contributed by atoms with Gasteiger partial charge in [-0.25, -0.2) is 0 Å². The van der Waals surface area contributed by atoms with E-state index in [2.05, 4.69) is 11.9 Å². The van der Waals surface area contributed by atoms with E-state index < -0.39 is 10.4 Å². The van der Waals surface area contributed by atoms with Gasteiger partial charge in [0.25, 0.3) is 0 Å². The fourth-order valence-electron chi connectivity index (χ4n) is 0.404. The Hall–Kier alpha value is -1.00. The lowest BCUT2D eigenvalue weighted by Crippen LogP contribution is -2.30. The summed E-state index contributed by atoms with van der Waals surface area (Å²) in [6.45, 7) is 7.32. The van der Waals surface area contributed by atoms with Crippen LogP contribution in [-0.4, -0.2) is 29.5 Å². The summed E-state index contributed by atoms with van der Waals surface area (Å²) in [6.07, 6.45) is 2.24. The Kier molecular flexibility index (Phi) is 18.3. The summed E-state index contributed by atoms with van der Waals surface area (Å²) in [5.74, 6) is -0.0932. The SMILES string of the molecule is C=CC(=O)NC(C)CC.N.N.O=S(=O)(O)O. The van der Waals surface area contributed by atoms with Crippen LogP contribution in [0, 0.1) is 0 Å². The number of nitrogens with one attached hydrogen (secondary N) is 1. The van der Waals surface area contributed by atoms with Gasteiger partial charge in [-0.1, -0.05) is 13.5 Å². The molecule has 0 heterocycles. The molecule has 9 N–H and O–H groups in total. The lowest BCUT2D eigenvalue weighted by Gasteiger charge is -2.07. The first-order valence-corrected chi connectivity index (χ1v) is 5.23. The van der Waals surface area contributed by atoms with E-state index >= 15 is 0 Å². The van der Waals surface area contributed by atoms with Gasteiger partial charge in [-0.3, -0.25) is 13.9 Å². The monoisotopic (exact) mass is 259 g/mol. The van der Waals surface area contributed by atoms with Gasteiger partial charge in [0.2, 0.25) is 5.91 Å². The van der Waals surface area contributed by atoms with Crippen LogP contribution in [0.5, 0.6) is 0 Å². The molecule has 0 bridgehead atoms. The molecule has 0 aromatic carbocycles. The maximum atomic E-state index is 10.6. The Morgan fingerprint density at radius 3 is 1.94 bits per heavy atom. The summed E-state index contributed by atoms with van der Waals surface area (Å²) < 4.78 is 31.6. The van der Waals surface area contributed by atoms with E-state index in [1.165, 1.54) is 6.08 Å². The van der Waals surface area contributed by atoms with Crippen molar-refractivity contribution in [2.75, 3.05) is 0 Å². The molecule has 0 aliphatic heterocycles. The Balaban J connectivity index is -0.0000000904. The molecule has 0 saturated carbocycles. The average molecular weight is 259 g/mol. The van der Waals surface area contributed by atoms with Gasteiger partial charge in [0.15, 0.2) is 0 Å². The highest BCUT2D eigenvalue weighted by Crippen LogP contribution is 1.86. The fourth-order valence-corrected chi connectivity index (χ4v) is 0.404. The van der Waals surface area contributed by atoms with Crippen LogP contribution in [0.15, 0.2) is 12.7 Å². The van der Waals surface area contributed by atoms with Crippen LogP contribution in [0.2, 0.25) is 0 Å². The molecule has 1 unspecified atom stereocenters. The molecule has 0 radical (unpaired) electrons. The molecular formula is C7H21N3O5S. The Morgan fingerprint density at radius 2 is 1.75 bits per heavy atom. The molecule has 8 nitrogen and oxygen atoms in total. The Bertz CT molecular complexity index is 270. The second-order valence-corrected chi connectivity index (χ2v) is 3.37. The van der Waals surface area contributed by atoms with E-state index in [9.17, 15) is 4.79 Å². The van der Waals surface area contributed by atoms with E-state index in [1.807, 2.05) is 13.8 Å². The van der Waals surface area contributed by atoms with Crippen molar-refractivity contribution < 1.29 is 22.3 Å². The standard InChI is InChI=1S/C7H13NO.2H3N.H2O4S/c1-4-6(3)8-7(9)5-2;;;1-5(2,3)4/h5-6H,2,4H2,1,3H3,(H,8,9);2*1H3;(H2,1,2,3,4). The predicted molar refractivity (Wildman–Crippen MR) is 62.3 cm³/mol. The molecule has 1 atom stereocenters. The highest BCUT2D eigenvalue weighted by Gasteiger charge is 1.98. The maximum absolute atomic E-state index is 10.6. The molecule has 0 aromatic rings. The third-order valence-corrected chi connectivity index (χ3v) is 1.19. The van der Waals surface area contributed by atoms with E-state index in [4.69, 9.17) is 17.5 Å². The van der Waals surface area contributed by atoms with Crippen molar-refractivity contribution in [2.24, 2.45) is 0 Å². The van der Waals surface area contributed by atoms with Crippen molar-refractivity contribution >= 4 is 16.3 Å². The zero-order chi connectivity index (χ0) is 11.8.